The zero-order valence-corrected chi connectivity index (χ0v) is 16.2. The third kappa shape index (κ3) is 3.90. The number of hydrogen-bond acceptors (Lipinski definition) is 2. The Bertz CT molecular complexity index is 1060. The summed E-state index contributed by atoms with van der Waals surface area (Å²) in [6, 6.07) is 20.5. The molecule has 0 amide bonds. The SMILES string of the molecule is Clc1ccc(CCc2nccn2Sc2ccc3ccccc3c2)c(Cl)c1. The van der Waals surface area contributed by atoms with Crippen molar-refractivity contribution in [3.05, 3.63) is 94.5 Å². The summed E-state index contributed by atoms with van der Waals surface area (Å²) in [5.41, 5.74) is 1.08. The molecule has 0 radical (unpaired) electrons. The zero-order chi connectivity index (χ0) is 17.9. The van der Waals surface area contributed by atoms with Crippen LogP contribution in [0.25, 0.3) is 10.8 Å². The van der Waals surface area contributed by atoms with Gasteiger partial charge in [-0.05, 0) is 59.0 Å². The molecule has 0 fully saturated rings. The molecule has 130 valence electrons. The van der Waals surface area contributed by atoms with Gasteiger partial charge < -0.3 is 0 Å². The largest absolute Gasteiger partial charge is 0.273 e. The van der Waals surface area contributed by atoms with Gasteiger partial charge in [0.15, 0.2) is 0 Å². The molecule has 2 nitrogen and oxygen atoms in total. The van der Waals surface area contributed by atoms with Crippen LogP contribution in [0, 0.1) is 0 Å². The van der Waals surface area contributed by atoms with Crippen molar-refractivity contribution in [1.82, 2.24) is 8.96 Å². The Morgan fingerprint density at radius 1 is 0.885 bits per heavy atom. The van der Waals surface area contributed by atoms with E-state index in [0.29, 0.717) is 10.0 Å². The monoisotopic (exact) mass is 398 g/mol. The van der Waals surface area contributed by atoms with E-state index in [1.54, 1.807) is 18.0 Å². The maximum Gasteiger partial charge on any atom is 0.119 e. The molecule has 0 aliphatic carbocycles. The fourth-order valence-electron chi connectivity index (χ4n) is 2.89. The van der Waals surface area contributed by atoms with Gasteiger partial charge in [-0.1, -0.05) is 59.6 Å². The van der Waals surface area contributed by atoms with Crippen LogP contribution in [-0.2, 0) is 12.8 Å². The van der Waals surface area contributed by atoms with Crippen LogP contribution in [0.5, 0.6) is 0 Å². The molecule has 0 bridgehead atoms. The standard InChI is InChI=1S/C21H16Cl2N2S/c22-18-8-5-16(20(23)14-18)7-10-21-24-11-12-25(21)26-19-9-6-15-3-1-2-4-17(15)13-19/h1-6,8-9,11-14H,7,10H2. The lowest BCUT2D eigenvalue weighted by Crippen LogP contribution is -1.99. The third-order valence-corrected chi connectivity index (χ3v) is 5.82. The van der Waals surface area contributed by atoms with E-state index in [1.165, 1.54) is 15.7 Å². The normalized spacial score (nSPS) is 11.2. The second kappa shape index (κ2) is 7.75. The molecule has 0 aliphatic heterocycles. The minimum atomic E-state index is 0.659. The Labute approximate surface area is 166 Å². The van der Waals surface area contributed by atoms with Crippen molar-refractivity contribution in [1.29, 1.82) is 0 Å². The highest BCUT2D eigenvalue weighted by Crippen LogP contribution is 2.27. The summed E-state index contributed by atoms with van der Waals surface area (Å²) < 4.78 is 2.12. The second-order valence-corrected chi connectivity index (χ2v) is 7.90. The molecule has 3 aromatic carbocycles. The quantitative estimate of drug-likeness (QED) is 0.372. The Kier molecular flexibility index (Phi) is 5.21. The summed E-state index contributed by atoms with van der Waals surface area (Å²) in [4.78, 5) is 5.70. The first kappa shape index (κ1) is 17.5. The predicted molar refractivity (Wildman–Crippen MR) is 111 cm³/mol. The Morgan fingerprint density at radius 2 is 1.73 bits per heavy atom. The fraction of sp³-hybridized carbons (Fsp3) is 0.0952. The van der Waals surface area contributed by atoms with Crippen LogP contribution in [0.1, 0.15) is 11.4 Å². The molecule has 0 unspecified atom stereocenters. The van der Waals surface area contributed by atoms with Crippen LogP contribution in [0.2, 0.25) is 10.0 Å². The number of benzene rings is 3. The maximum absolute atomic E-state index is 6.28. The fourth-order valence-corrected chi connectivity index (χ4v) is 4.29. The summed E-state index contributed by atoms with van der Waals surface area (Å²) in [7, 11) is 0. The molecule has 4 aromatic rings. The van der Waals surface area contributed by atoms with Gasteiger partial charge in [-0.25, -0.2) is 4.98 Å². The van der Waals surface area contributed by atoms with Crippen molar-refractivity contribution in [2.75, 3.05) is 0 Å². The van der Waals surface area contributed by atoms with Gasteiger partial charge in [-0.3, -0.25) is 3.97 Å². The highest BCUT2D eigenvalue weighted by Gasteiger charge is 2.08. The molecule has 0 aliphatic rings. The van der Waals surface area contributed by atoms with Crippen molar-refractivity contribution in [2.45, 2.75) is 17.7 Å². The number of hydrogen-bond donors (Lipinski definition) is 0. The summed E-state index contributed by atoms with van der Waals surface area (Å²) in [5, 5.41) is 3.86. The van der Waals surface area contributed by atoms with Gasteiger partial charge in [0.25, 0.3) is 0 Å². The van der Waals surface area contributed by atoms with Gasteiger partial charge in [-0.2, -0.15) is 0 Å². The molecule has 1 aromatic heterocycles. The molecule has 0 saturated heterocycles. The van der Waals surface area contributed by atoms with Crippen molar-refractivity contribution in [3.63, 3.8) is 0 Å². The molecule has 0 spiro atoms. The van der Waals surface area contributed by atoms with Crippen LogP contribution >= 0.6 is 35.1 Å². The smallest absolute Gasteiger partial charge is 0.119 e. The zero-order valence-electron chi connectivity index (χ0n) is 13.9. The maximum atomic E-state index is 6.28. The van der Waals surface area contributed by atoms with E-state index in [2.05, 4.69) is 51.4 Å². The Morgan fingerprint density at radius 3 is 2.58 bits per heavy atom. The lowest BCUT2D eigenvalue weighted by Gasteiger charge is -2.09. The van der Waals surface area contributed by atoms with Gasteiger partial charge in [0, 0.05) is 33.8 Å². The molecular weight excluding hydrogens is 383 g/mol. The lowest BCUT2D eigenvalue weighted by molar-refractivity contribution is 0.867. The van der Waals surface area contributed by atoms with Crippen molar-refractivity contribution >= 4 is 45.9 Å². The lowest BCUT2D eigenvalue weighted by atomic mass is 10.1. The van der Waals surface area contributed by atoms with Gasteiger partial charge >= 0.3 is 0 Å². The Hall–Kier alpha value is -1.94. The second-order valence-electron chi connectivity index (χ2n) is 6.01. The number of rotatable bonds is 5. The molecule has 26 heavy (non-hydrogen) atoms. The van der Waals surface area contributed by atoms with Gasteiger partial charge in [0.2, 0.25) is 0 Å². The number of halogens is 2. The van der Waals surface area contributed by atoms with Crippen LogP contribution in [0.15, 0.2) is 78.0 Å². The molecule has 1 heterocycles. The van der Waals surface area contributed by atoms with E-state index in [9.17, 15) is 0 Å². The van der Waals surface area contributed by atoms with Gasteiger partial charge in [0.05, 0.1) is 0 Å². The first-order chi connectivity index (χ1) is 12.7. The van der Waals surface area contributed by atoms with Crippen molar-refractivity contribution in [3.8, 4) is 0 Å². The van der Waals surface area contributed by atoms with Crippen molar-refractivity contribution < 1.29 is 0 Å². The number of nitrogens with zero attached hydrogens (tertiary/aromatic N) is 2. The van der Waals surface area contributed by atoms with E-state index in [4.69, 9.17) is 23.2 Å². The predicted octanol–water partition coefficient (Wildman–Crippen LogP) is 6.68. The molecule has 4 rings (SSSR count). The first-order valence-electron chi connectivity index (χ1n) is 8.32. The van der Waals surface area contributed by atoms with Crippen LogP contribution in [0.4, 0.5) is 0 Å². The first-order valence-corrected chi connectivity index (χ1v) is 9.85. The van der Waals surface area contributed by atoms with E-state index in [0.717, 1.165) is 24.2 Å². The summed E-state index contributed by atoms with van der Waals surface area (Å²) >= 11 is 13.9. The molecule has 0 N–H and O–H groups in total. The molecular formula is C21H16Cl2N2S. The average Bonchev–Trinajstić information content (AvgIpc) is 3.08. The van der Waals surface area contributed by atoms with Crippen LogP contribution in [-0.4, -0.2) is 8.96 Å². The van der Waals surface area contributed by atoms with Gasteiger partial charge in [0.1, 0.15) is 5.82 Å². The van der Waals surface area contributed by atoms with E-state index >= 15 is 0 Å². The average molecular weight is 399 g/mol. The Balaban J connectivity index is 1.50. The number of imidazole rings is 1. The van der Waals surface area contributed by atoms with Crippen LogP contribution in [0.3, 0.4) is 0 Å². The number of aromatic nitrogens is 2. The van der Waals surface area contributed by atoms with E-state index < -0.39 is 0 Å². The highest BCUT2D eigenvalue weighted by atomic mass is 35.5. The number of fused-ring (bicyclic) bond motifs is 1. The van der Waals surface area contributed by atoms with Crippen molar-refractivity contribution in [2.24, 2.45) is 0 Å². The minimum Gasteiger partial charge on any atom is -0.273 e. The molecule has 5 heteroatoms. The topological polar surface area (TPSA) is 17.8 Å². The summed E-state index contributed by atoms with van der Waals surface area (Å²) in [6.45, 7) is 0. The highest BCUT2D eigenvalue weighted by molar-refractivity contribution is 7.97. The minimum absolute atomic E-state index is 0.659. The molecule has 0 atom stereocenters. The third-order valence-electron chi connectivity index (χ3n) is 4.24. The van der Waals surface area contributed by atoms with Gasteiger partial charge in [-0.15, -0.1) is 0 Å². The summed E-state index contributed by atoms with van der Waals surface area (Å²) in [5.74, 6) is 1.02. The van der Waals surface area contributed by atoms with E-state index in [1.807, 2.05) is 24.5 Å². The van der Waals surface area contributed by atoms with E-state index in [-0.39, 0.29) is 0 Å². The number of aryl methyl sites for hydroxylation is 2. The summed E-state index contributed by atoms with van der Waals surface area (Å²) in [6.07, 6.45) is 5.48. The van der Waals surface area contributed by atoms with Crippen LogP contribution < -0.4 is 0 Å². The molecule has 0 saturated carbocycles.